The van der Waals surface area contributed by atoms with E-state index in [1.165, 1.54) is 0 Å². The Balaban J connectivity index is 1.77. The van der Waals surface area contributed by atoms with E-state index in [0.29, 0.717) is 5.56 Å². The lowest BCUT2D eigenvalue weighted by Gasteiger charge is -2.14. The fourth-order valence-electron chi connectivity index (χ4n) is 3.47. The number of nitrogens with one attached hydrogen (secondary N) is 1. The fraction of sp³-hybridized carbons (Fsp3) is 0.450. The Morgan fingerprint density at radius 1 is 1.28 bits per heavy atom. The molecule has 2 aromatic rings. The lowest BCUT2D eigenvalue weighted by Crippen LogP contribution is -2.35. The number of aromatic nitrogens is 1. The minimum absolute atomic E-state index is 0.0854. The molecular weight excluding hydrogens is 316 g/mol. The number of carbonyl (C=O) groups is 2. The number of para-hydroxylation sites is 1. The number of hydrogen-bond acceptors (Lipinski definition) is 4. The molecule has 0 saturated heterocycles. The maximum Gasteiger partial charge on any atom is 0.339 e. The van der Waals surface area contributed by atoms with E-state index in [2.05, 4.69) is 17.2 Å². The zero-order chi connectivity index (χ0) is 17.8. The topological polar surface area (TPSA) is 68.3 Å². The van der Waals surface area contributed by atoms with Gasteiger partial charge in [-0.25, -0.2) is 4.79 Å². The van der Waals surface area contributed by atoms with E-state index in [9.17, 15) is 9.59 Å². The summed E-state index contributed by atoms with van der Waals surface area (Å²) in [6.45, 7) is 3.77. The van der Waals surface area contributed by atoms with E-state index in [4.69, 9.17) is 4.74 Å². The maximum absolute atomic E-state index is 12.7. The molecule has 1 aromatic carbocycles. The van der Waals surface area contributed by atoms with Crippen LogP contribution in [0.4, 0.5) is 0 Å². The van der Waals surface area contributed by atoms with Crippen LogP contribution in [0.1, 0.15) is 54.7 Å². The number of nitrogens with zero attached hydrogens (tertiary/aromatic N) is 1. The molecule has 1 unspecified atom stereocenters. The summed E-state index contributed by atoms with van der Waals surface area (Å²) in [6.07, 6.45) is 4.61. The number of ether oxygens (including phenoxy) is 1. The van der Waals surface area contributed by atoms with Gasteiger partial charge in [0.15, 0.2) is 6.61 Å². The van der Waals surface area contributed by atoms with Gasteiger partial charge in [-0.15, -0.1) is 0 Å². The van der Waals surface area contributed by atoms with Gasteiger partial charge in [-0.05, 0) is 44.2 Å². The predicted molar refractivity (Wildman–Crippen MR) is 96.6 cm³/mol. The molecule has 0 saturated carbocycles. The summed E-state index contributed by atoms with van der Waals surface area (Å²) in [5.74, 6) is -0.695. The average Bonchev–Trinajstić information content (AvgIpc) is 3.05. The molecule has 0 fully saturated rings. The van der Waals surface area contributed by atoms with Gasteiger partial charge in [-0.2, -0.15) is 0 Å². The number of carbonyl (C=O) groups excluding carboxylic acids is 2. The smallest absolute Gasteiger partial charge is 0.339 e. The highest BCUT2D eigenvalue weighted by Gasteiger charge is 2.25. The Labute approximate surface area is 147 Å². The largest absolute Gasteiger partial charge is 0.452 e. The molecule has 5 heteroatoms. The molecule has 1 aromatic heterocycles. The quantitative estimate of drug-likeness (QED) is 0.820. The standard InChI is InChI=1S/C20H24N2O3/c1-3-7-13(2)21-18(23)12-25-20(24)19-14-8-4-5-10-16(14)22-17-11-6-9-15(17)19/h4-5,8,10,13H,3,6-7,9,11-12H2,1-2H3,(H,21,23). The molecule has 0 spiro atoms. The van der Waals surface area contributed by atoms with Crippen molar-refractivity contribution >= 4 is 22.8 Å². The summed E-state index contributed by atoms with van der Waals surface area (Å²) in [5.41, 5.74) is 3.33. The van der Waals surface area contributed by atoms with E-state index in [1.807, 2.05) is 31.2 Å². The molecule has 1 amide bonds. The van der Waals surface area contributed by atoms with Gasteiger partial charge in [0.2, 0.25) is 0 Å². The first-order chi connectivity index (χ1) is 12.1. The van der Waals surface area contributed by atoms with E-state index < -0.39 is 5.97 Å². The SMILES string of the molecule is CCCC(C)NC(=O)COC(=O)c1c2c(nc3ccccc13)CCC2. The summed E-state index contributed by atoms with van der Waals surface area (Å²) in [6, 6.07) is 7.68. The molecule has 1 aliphatic rings. The van der Waals surface area contributed by atoms with E-state index in [-0.39, 0.29) is 18.6 Å². The van der Waals surface area contributed by atoms with Gasteiger partial charge >= 0.3 is 5.97 Å². The van der Waals surface area contributed by atoms with Gasteiger partial charge in [0.25, 0.3) is 5.91 Å². The lowest BCUT2D eigenvalue weighted by molar-refractivity contribution is -0.124. The van der Waals surface area contributed by atoms with Crippen molar-refractivity contribution in [2.24, 2.45) is 0 Å². The van der Waals surface area contributed by atoms with Crippen LogP contribution in [0, 0.1) is 0 Å². The summed E-state index contributed by atoms with van der Waals surface area (Å²) < 4.78 is 5.32. The molecular formula is C20H24N2O3. The first-order valence-electron chi connectivity index (χ1n) is 8.97. The molecule has 0 radical (unpaired) electrons. The molecule has 1 aliphatic carbocycles. The van der Waals surface area contributed by atoms with E-state index in [1.54, 1.807) is 0 Å². The Hall–Kier alpha value is -2.43. The van der Waals surface area contributed by atoms with Crippen LogP contribution in [0.25, 0.3) is 10.9 Å². The number of esters is 1. The Morgan fingerprint density at radius 3 is 2.88 bits per heavy atom. The van der Waals surface area contributed by atoms with E-state index in [0.717, 1.165) is 54.3 Å². The van der Waals surface area contributed by atoms with Gasteiger partial charge in [0.05, 0.1) is 11.1 Å². The molecule has 1 heterocycles. The van der Waals surface area contributed by atoms with Gasteiger partial charge in [-0.3, -0.25) is 9.78 Å². The third-order valence-corrected chi connectivity index (χ3v) is 4.59. The summed E-state index contributed by atoms with van der Waals surface area (Å²) in [4.78, 5) is 29.3. The molecule has 0 aliphatic heterocycles. The molecule has 1 N–H and O–H groups in total. The maximum atomic E-state index is 12.7. The molecule has 25 heavy (non-hydrogen) atoms. The van der Waals surface area contributed by atoms with Gasteiger partial charge in [-0.1, -0.05) is 31.5 Å². The van der Waals surface area contributed by atoms with Crippen LogP contribution in [0.15, 0.2) is 24.3 Å². The Bertz CT molecular complexity index is 801. The normalized spacial score (nSPS) is 14.2. The third kappa shape index (κ3) is 3.81. The van der Waals surface area contributed by atoms with Crippen molar-refractivity contribution in [3.05, 3.63) is 41.1 Å². The minimum Gasteiger partial charge on any atom is -0.452 e. The average molecular weight is 340 g/mol. The highest BCUT2D eigenvalue weighted by Crippen LogP contribution is 2.30. The van der Waals surface area contributed by atoms with Crippen LogP contribution in [0.5, 0.6) is 0 Å². The molecule has 132 valence electrons. The zero-order valence-electron chi connectivity index (χ0n) is 14.8. The number of rotatable bonds is 6. The van der Waals surface area contributed by atoms with Crippen molar-refractivity contribution < 1.29 is 14.3 Å². The molecule has 3 rings (SSSR count). The summed E-state index contributed by atoms with van der Waals surface area (Å²) in [5, 5.41) is 3.65. The van der Waals surface area contributed by atoms with Crippen LogP contribution < -0.4 is 5.32 Å². The number of fused-ring (bicyclic) bond motifs is 2. The first-order valence-corrected chi connectivity index (χ1v) is 8.97. The van der Waals surface area contributed by atoms with Crippen LogP contribution in [0.2, 0.25) is 0 Å². The second-order valence-corrected chi connectivity index (χ2v) is 6.62. The van der Waals surface area contributed by atoms with Crippen molar-refractivity contribution in [1.29, 1.82) is 0 Å². The molecule has 1 atom stereocenters. The predicted octanol–water partition coefficient (Wildman–Crippen LogP) is 3.19. The highest BCUT2D eigenvalue weighted by atomic mass is 16.5. The van der Waals surface area contributed by atoms with Gasteiger partial charge in [0, 0.05) is 17.1 Å². The van der Waals surface area contributed by atoms with Crippen molar-refractivity contribution in [1.82, 2.24) is 10.3 Å². The van der Waals surface area contributed by atoms with Crippen molar-refractivity contribution in [3.8, 4) is 0 Å². The highest BCUT2D eigenvalue weighted by molar-refractivity contribution is 6.05. The first kappa shape index (κ1) is 17.4. The lowest BCUT2D eigenvalue weighted by atomic mass is 10.0. The number of pyridine rings is 1. The van der Waals surface area contributed by atoms with E-state index >= 15 is 0 Å². The second kappa shape index (κ2) is 7.64. The summed E-state index contributed by atoms with van der Waals surface area (Å²) >= 11 is 0. The second-order valence-electron chi connectivity index (χ2n) is 6.62. The van der Waals surface area contributed by atoms with Crippen LogP contribution >= 0.6 is 0 Å². The third-order valence-electron chi connectivity index (χ3n) is 4.59. The molecule has 0 bridgehead atoms. The zero-order valence-corrected chi connectivity index (χ0v) is 14.8. The molecule has 5 nitrogen and oxygen atoms in total. The number of aryl methyl sites for hydroxylation is 1. The minimum atomic E-state index is -0.435. The Kier molecular flexibility index (Phi) is 5.31. The van der Waals surface area contributed by atoms with Crippen molar-refractivity contribution in [2.75, 3.05) is 6.61 Å². The van der Waals surface area contributed by atoms with Crippen LogP contribution in [0.3, 0.4) is 0 Å². The van der Waals surface area contributed by atoms with Crippen LogP contribution in [-0.4, -0.2) is 29.5 Å². The van der Waals surface area contributed by atoms with Crippen molar-refractivity contribution in [2.45, 2.75) is 52.0 Å². The monoisotopic (exact) mass is 340 g/mol. The summed E-state index contributed by atoms with van der Waals surface area (Å²) in [7, 11) is 0. The Morgan fingerprint density at radius 2 is 2.08 bits per heavy atom. The number of benzene rings is 1. The number of hydrogen-bond donors (Lipinski definition) is 1. The van der Waals surface area contributed by atoms with Crippen molar-refractivity contribution in [3.63, 3.8) is 0 Å². The van der Waals surface area contributed by atoms with Gasteiger partial charge in [0.1, 0.15) is 0 Å². The number of amides is 1. The van der Waals surface area contributed by atoms with Crippen LogP contribution in [-0.2, 0) is 22.4 Å². The fourth-order valence-corrected chi connectivity index (χ4v) is 3.47. The van der Waals surface area contributed by atoms with Gasteiger partial charge < -0.3 is 10.1 Å².